The van der Waals surface area contributed by atoms with Crippen molar-refractivity contribution >= 4 is 27.6 Å². The Balaban J connectivity index is 2.41. The molecule has 0 aliphatic heterocycles. The Bertz CT molecular complexity index is 498. The van der Waals surface area contributed by atoms with Crippen LogP contribution in [0.15, 0.2) is 24.3 Å². The van der Waals surface area contributed by atoms with Gasteiger partial charge >= 0.3 is 5.97 Å². The van der Waals surface area contributed by atoms with Gasteiger partial charge in [0, 0.05) is 11.6 Å². The number of rotatable bonds is 6. The second-order valence-electron chi connectivity index (χ2n) is 3.61. The van der Waals surface area contributed by atoms with Crippen molar-refractivity contribution in [1.29, 1.82) is 0 Å². The van der Waals surface area contributed by atoms with E-state index in [1.54, 1.807) is 12.1 Å². The standard InChI is InChI=1S/C11H14ClNO4S/c1-17-11(14)8-18(15,16)13-7-6-9-2-4-10(12)5-3-9/h2-5,13H,6-8H2,1H3. The summed E-state index contributed by atoms with van der Waals surface area (Å²) in [5, 5.41) is 0.630. The Morgan fingerprint density at radius 2 is 1.94 bits per heavy atom. The quantitative estimate of drug-likeness (QED) is 0.793. The number of ether oxygens (including phenoxy) is 1. The normalized spacial score (nSPS) is 11.2. The first kappa shape index (κ1) is 14.9. The van der Waals surface area contributed by atoms with Gasteiger partial charge in [-0.05, 0) is 24.1 Å². The molecule has 0 heterocycles. The van der Waals surface area contributed by atoms with Gasteiger partial charge in [0.25, 0.3) is 0 Å². The van der Waals surface area contributed by atoms with Gasteiger partial charge in [0.15, 0.2) is 5.75 Å². The number of carbonyl (C=O) groups is 1. The van der Waals surface area contributed by atoms with Crippen LogP contribution >= 0.6 is 11.6 Å². The minimum atomic E-state index is -3.62. The van der Waals surface area contributed by atoms with Crippen LogP contribution in [-0.2, 0) is 26.0 Å². The summed E-state index contributed by atoms with van der Waals surface area (Å²) in [7, 11) is -2.48. The van der Waals surface area contributed by atoms with E-state index in [1.807, 2.05) is 12.1 Å². The van der Waals surface area contributed by atoms with Crippen LogP contribution in [0.5, 0.6) is 0 Å². The summed E-state index contributed by atoms with van der Waals surface area (Å²) < 4.78 is 29.4. The molecular formula is C11H14ClNO4S. The van der Waals surface area contributed by atoms with Gasteiger partial charge in [-0.25, -0.2) is 13.1 Å². The zero-order valence-corrected chi connectivity index (χ0v) is 11.4. The van der Waals surface area contributed by atoms with Crippen molar-refractivity contribution in [2.75, 3.05) is 19.4 Å². The van der Waals surface area contributed by atoms with Crippen LogP contribution in [0, 0.1) is 0 Å². The van der Waals surface area contributed by atoms with Crippen LogP contribution < -0.4 is 4.72 Å². The average Bonchev–Trinajstić information content (AvgIpc) is 2.31. The first-order valence-electron chi connectivity index (χ1n) is 5.21. The Morgan fingerprint density at radius 1 is 1.33 bits per heavy atom. The molecule has 0 unspecified atom stereocenters. The number of benzene rings is 1. The van der Waals surface area contributed by atoms with E-state index in [2.05, 4.69) is 9.46 Å². The molecule has 7 heteroatoms. The molecule has 0 fully saturated rings. The molecule has 1 aromatic carbocycles. The molecule has 1 rings (SSSR count). The fraction of sp³-hybridized carbons (Fsp3) is 0.364. The fourth-order valence-electron chi connectivity index (χ4n) is 1.27. The molecule has 5 nitrogen and oxygen atoms in total. The van der Waals surface area contributed by atoms with Gasteiger partial charge in [0.05, 0.1) is 7.11 Å². The summed E-state index contributed by atoms with van der Waals surface area (Å²) >= 11 is 5.73. The lowest BCUT2D eigenvalue weighted by atomic mass is 10.2. The second kappa shape index (κ2) is 6.72. The van der Waals surface area contributed by atoms with Crippen LogP contribution in [0.2, 0.25) is 5.02 Å². The molecule has 0 radical (unpaired) electrons. The van der Waals surface area contributed by atoms with Crippen molar-refractivity contribution in [1.82, 2.24) is 4.72 Å². The Hall–Kier alpha value is -1.11. The van der Waals surface area contributed by atoms with Gasteiger partial charge in [-0.3, -0.25) is 4.79 Å². The molecule has 0 saturated heterocycles. The highest BCUT2D eigenvalue weighted by Crippen LogP contribution is 2.09. The zero-order valence-electron chi connectivity index (χ0n) is 9.85. The molecule has 100 valence electrons. The minimum Gasteiger partial charge on any atom is -0.468 e. The summed E-state index contributed by atoms with van der Waals surface area (Å²) in [6.45, 7) is 0.223. The minimum absolute atomic E-state index is 0.223. The average molecular weight is 292 g/mol. The van der Waals surface area contributed by atoms with Gasteiger partial charge < -0.3 is 4.74 Å². The predicted molar refractivity (Wildman–Crippen MR) is 69.0 cm³/mol. The van der Waals surface area contributed by atoms with Crippen molar-refractivity contribution in [2.24, 2.45) is 0 Å². The maximum absolute atomic E-state index is 11.4. The third-order valence-electron chi connectivity index (χ3n) is 2.18. The number of methoxy groups -OCH3 is 1. The summed E-state index contributed by atoms with van der Waals surface area (Å²) in [6, 6.07) is 7.10. The lowest BCUT2D eigenvalue weighted by molar-refractivity contribution is -0.137. The number of esters is 1. The van der Waals surface area contributed by atoms with E-state index in [9.17, 15) is 13.2 Å². The van der Waals surface area contributed by atoms with Crippen molar-refractivity contribution < 1.29 is 17.9 Å². The number of halogens is 1. The van der Waals surface area contributed by atoms with E-state index in [1.165, 1.54) is 0 Å². The third-order valence-corrected chi connectivity index (χ3v) is 3.70. The van der Waals surface area contributed by atoms with E-state index < -0.39 is 21.7 Å². The Morgan fingerprint density at radius 3 is 2.50 bits per heavy atom. The summed E-state index contributed by atoms with van der Waals surface area (Å²) in [5.41, 5.74) is 0.958. The molecule has 0 saturated carbocycles. The van der Waals surface area contributed by atoms with E-state index in [0.717, 1.165) is 12.7 Å². The number of carbonyl (C=O) groups excluding carboxylic acids is 1. The van der Waals surface area contributed by atoms with E-state index in [4.69, 9.17) is 11.6 Å². The molecule has 1 N–H and O–H groups in total. The smallest absolute Gasteiger partial charge is 0.322 e. The van der Waals surface area contributed by atoms with Gasteiger partial charge in [0.2, 0.25) is 10.0 Å². The summed E-state index contributed by atoms with van der Waals surface area (Å²) in [4.78, 5) is 10.8. The highest BCUT2D eigenvalue weighted by Gasteiger charge is 2.15. The van der Waals surface area contributed by atoms with Crippen LogP contribution in [0.1, 0.15) is 5.56 Å². The topological polar surface area (TPSA) is 72.5 Å². The number of sulfonamides is 1. The molecule has 0 aromatic heterocycles. The zero-order chi connectivity index (χ0) is 13.6. The Labute approximate surface area is 111 Å². The molecule has 0 aliphatic rings. The first-order valence-corrected chi connectivity index (χ1v) is 7.24. The Kier molecular flexibility index (Phi) is 5.58. The summed E-state index contributed by atoms with van der Waals surface area (Å²) in [6.07, 6.45) is 0.525. The molecule has 18 heavy (non-hydrogen) atoms. The monoisotopic (exact) mass is 291 g/mol. The number of hydrogen-bond donors (Lipinski definition) is 1. The maximum Gasteiger partial charge on any atom is 0.322 e. The molecule has 0 atom stereocenters. The molecule has 0 aliphatic carbocycles. The highest BCUT2D eigenvalue weighted by molar-refractivity contribution is 7.90. The van der Waals surface area contributed by atoms with E-state index >= 15 is 0 Å². The largest absolute Gasteiger partial charge is 0.468 e. The molecule has 0 bridgehead atoms. The summed E-state index contributed by atoms with van der Waals surface area (Å²) in [5.74, 6) is -1.45. The van der Waals surface area contributed by atoms with Gasteiger partial charge in [-0.15, -0.1) is 0 Å². The van der Waals surface area contributed by atoms with Crippen molar-refractivity contribution in [3.63, 3.8) is 0 Å². The fourth-order valence-corrected chi connectivity index (χ4v) is 2.34. The lowest BCUT2D eigenvalue weighted by Crippen LogP contribution is -2.32. The number of nitrogens with one attached hydrogen (secondary N) is 1. The van der Waals surface area contributed by atoms with E-state index in [0.29, 0.717) is 11.4 Å². The van der Waals surface area contributed by atoms with Crippen LogP contribution in [-0.4, -0.2) is 33.8 Å². The SMILES string of the molecule is COC(=O)CS(=O)(=O)NCCc1ccc(Cl)cc1. The van der Waals surface area contributed by atoms with Crippen LogP contribution in [0.4, 0.5) is 0 Å². The molecular weight excluding hydrogens is 278 g/mol. The van der Waals surface area contributed by atoms with Crippen LogP contribution in [0.25, 0.3) is 0 Å². The first-order chi connectivity index (χ1) is 8.43. The molecule has 0 amide bonds. The third kappa shape index (κ3) is 5.48. The number of hydrogen-bond acceptors (Lipinski definition) is 4. The van der Waals surface area contributed by atoms with Gasteiger partial charge in [-0.2, -0.15) is 0 Å². The van der Waals surface area contributed by atoms with Crippen LogP contribution in [0.3, 0.4) is 0 Å². The van der Waals surface area contributed by atoms with Crippen molar-refractivity contribution in [3.8, 4) is 0 Å². The van der Waals surface area contributed by atoms with Gasteiger partial charge in [-0.1, -0.05) is 23.7 Å². The molecule has 1 aromatic rings. The van der Waals surface area contributed by atoms with Crippen molar-refractivity contribution in [3.05, 3.63) is 34.9 Å². The highest BCUT2D eigenvalue weighted by atomic mass is 35.5. The van der Waals surface area contributed by atoms with Gasteiger partial charge in [0.1, 0.15) is 0 Å². The lowest BCUT2D eigenvalue weighted by Gasteiger charge is -2.05. The second-order valence-corrected chi connectivity index (χ2v) is 5.85. The predicted octanol–water partition coefficient (Wildman–Crippen LogP) is 0.975. The van der Waals surface area contributed by atoms with Crippen molar-refractivity contribution in [2.45, 2.75) is 6.42 Å². The molecule has 0 spiro atoms. The maximum atomic E-state index is 11.4. The van der Waals surface area contributed by atoms with E-state index in [-0.39, 0.29) is 6.54 Å².